The van der Waals surface area contributed by atoms with Crippen molar-refractivity contribution >= 4 is 39.0 Å². The number of benzene rings is 6. The maximum Gasteiger partial charge on any atom is 0.135 e. The first-order valence-electron chi connectivity index (χ1n) is 17.4. The van der Waals surface area contributed by atoms with Crippen molar-refractivity contribution < 1.29 is 4.42 Å². The van der Waals surface area contributed by atoms with Gasteiger partial charge in [0.2, 0.25) is 0 Å². The Labute approximate surface area is 276 Å². The third-order valence-electron chi connectivity index (χ3n) is 11.7. The molecule has 0 N–H and O–H groups in total. The molecule has 2 nitrogen and oxygen atoms in total. The SMILES string of the molecule is c1ccc(N(c2ccc(-c3ccc4oc5ccccc5c4c3)cc2)c2ccc3c(c2)-c2ccccc2C32CCC3CCCC2C3)cc1. The van der Waals surface area contributed by atoms with Crippen LogP contribution in [0.1, 0.15) is 49.7 Å². The maximum absolute atomic E-state index is 6.10. The molecule has 1 aromatic heterocycles. The lowest BCUT2D eigenvalue weighted by atomic mass is 9.55. The summed E-state index contributed by atoms with van der Waals surface area (Å²) in [4.78, 5) is 2.42. The zero-order valence-electron chi connectivity index (χ0n) is 26.5. The van der Waals surface area contributed by atoms with E-state index in [1.54, 1.807) is 11.1 Å². The van der Waals surface area contributed by atoms with Gasteiger partial charge in [-0.2, -0.15) is 0 Å². The topological polar surface area (TPSA) is 16.4 Å². The second kappa shape index (κ2) is 10.5. The maximum atomic E-state index is 6.10. The van der Waals surface area contributed by atoms with E-state index < -0.39 is 0 Å². The van der Waals surface area contributed by atoms with E-state index >= 15 is 0 Å². The number of furan rings is 1. The molecule has 1 spiro atoms. The van der Waals surface area contributed by atoms with Crippen LogP contribution in [0.25, 0.3) is 44.2 Å². The summed E-state index contributed by atoms with van der Waals surface area (Å²) in [5.74, 6) is 1.67. The summed E-state index contributed by atoms with van der Waals surface area (Å²) in [7, 11) is 0. The summed E-state index contributed by atoms with van der Waals surface area (Å²) < 4.78 is 6.10. The van der Waals surface area contributed by atoms with Crippen molar-refractivity contribution in [2.45, 2.75) is 43.9 Å². The van der Waals surface area contributed by atoms with Crippen molar-refractivity contribution in [3.63, 3.8) is 0 Å². The molecule has 3 unspecified atom stereocenters. The van der Waals surface area contributed by atoms with Crippen LogP contribution in [0.2, 0.25) is 0 Å². The molecule has 0 saturated heterocycles. The van der Waals surface area contributed by atoms with Gasteiger partial charge in [-0.15, -0.1) is 0 Å². The molecule has 2 fully saturated rings. The highest BCUT2D eigenvalue weighted by Gasteiger charge is 2.52. The predicted octanol–water partition coefficient (Wildman–Crippen LogP) is 12.6. The Hall–Kier alpha value is -5.08. The molecule has 0 radical (unpaired) electrons. The van der Waals surface area contributed by atoms with Crippen LogP contribution < -0.4 is 4.90 Å². The van der Waals surface area contributed by atoms with Gasteiger partial charge in [-0.1, -0.05) is 97.8 Å². The van der Waals surface area contributed by atoms with Gasteiger partial charge in [0.25, 0.3) is 0 Å². The third kappa shape index (κ3) is 4.10. The average molecular weight is 608 g/mol. The summed E-state index contributed by atoms with van der Waals surface area (Å²) in [6.45, 7) is 0. The van der Waals surface area contributed by atoms with Gasteiger partial charge in [0.15, 0.2) is 0 Å². The van der Waals surface area contributed by atoms with Gasteiger partial charge in [0, 0.05) is 33.2 Å². The van der Waals surface area contributed by atoms with Crippen LogP contribution in [-0.2, 0) is 5.41 Å². The van der Waals surface area contributed by atoms with Crippen molar-refractivity contribution in [3.8, 4) is 22.3 Å². The zero-order chi connectivity index (χ0) is 31.0. The normalized spacial score (nSPS) is 21.2. The molecule has 7 aromatic rings. The molecule has 10 rings (SSSR count). The minimum atomic E-state index is 0.169. The first-order valence-corrected chi connectivity index (χ1v) is 17.4. The molecule has 3 aliphatic carbocycles. The van der Waals surface area contributed by atoms with Crippen molar-refractivity contribution in [2.75, 3.05) is 4.90 Å². The van der Waals surface area contributed by atoms with E-state index in [0.717, 1.165) is 39.5 Å². The van der Waals surface area contributed by atoms with Crippen LogP contribution in [0.3, 0.4) is 0 Å². The van der Waals surface area contributed by atoms with E-state index in [1.807, 2.05) is 12.1 Å². The zero-order valence-corrected chi connectivity index (χ0v) is 26.5. The van der Waals surface area contributed by atoms with E-state index in [0.29, 0.717) is 0 Å². The quantitative estimate of drug-likeness (QED) is 0.198. The largest absolute Gasteiger partial charge is 0.456 e. The lowest BCUT2D eigenvalue weighted by Crippen LogP contribution is -2.42. The highest BCUT2D eigenvalue weighted by atomic mass is 16.3. The van der Waals surface area contributed by atoms with Crippen molar-refractivity contribution in [1.82, 2.24) is 0 Å². The highest BCUT2D eigenvalue weighted by molar-refractivity contribution is 6.06. The van der Waals surface area contributed by atoms with Crippen LogP contribution in [0, 0.1) is 11.8 Å². The van der Waals surface area contributed by atoms with E-state index in [1.165, 1.54) is 72.2 Å². The highest BCUT2D eigenvalue weighted by Crippen LogP contribution is 2.62. The number of hydrogen-bond donors (Lipinski definition) is 0. The number of hydrogen-bond acceptors (Lipinski definition) is 2. The van der Waals surface area contributed by atoms with E-state index in [4.69, 9.17) is 4.42 Å². The second-order valence-electron chi connectivity index (χ2n) is 14.0. The van der Waals surface area contributed by atoms with Gasteiger partial charge < -0.3 is 9.32 Å². The van der Waals surface area contributed by atoms with Crippen molar-refractivity contribution in [2.24, 2.45) is 11.8 Å². The van der Waals surface area contributed by atoms with Crippen LogP contribution in [0.5, 0.6) is 0 Å². The van der Waals surface area contributed by atoms with Crippen LogP contribution >= 0.6 is 0 Å². The number of para-hydroxylation sites is 2. The Morgan fingerprint density at radius 2 is 1.26 bits per heavy atom. The smallest absolute Gasteiger partial charge is 0.135 e. The van der Waals surface area contributed by atoms with E-state index in [-0.39, 0.29) is 5.41 Å². The molecular weight excluding hydrogens is 571 g/mol. The summed E-state index contributed by atoms with van der Waals surface area (Å²) in [6, 6.07) is 51.4. The van der Waals surface area contributed by atoms with Gasteiger partial charge >= 0.3 is 0 Å². The van der Waals surface area contributed by atoms with Crippen molar-refractivity contribution in [1.29, 1.82) is 0 Å². The molecular formula is C45H37NO. The molecule has 3 aliphatic rings. The average Bonchev–Trinajstić information content (AvgIpc) is 3.64. The van der Waals surface area contributed by atoms with Gasteiger partial charge in [0.1, 0.15) is 11.2 Å². The van der Waals surface area contributed by atoms with Gasteiger partial charge in [0.05, 0.1) is 0 Å². The monoisotopic (exact) mass is 607 g/mol. The van der Waals surface area contributed by atoms with Crippen LogP contribution in [0.15, 0.2) is 144 Å². The summed E-state index contributed by atoms with van der Waals surface area (Å²) in [6.07, 6.45) is 8.21. The molecule has 0 aliphatic heterocycles. The Bertz CT molecular complexity index is 2280. The minimum absolute atomic E-state index is 0.169. The standard InChI is InChI=1S/C45H37NO/c1-2-11-34(12-3-1)46(35-20-17-31(18-21-35)32-19-24-44-40(28-32)38-14-5-7-16-43(38)47-44)36-22-23-42-39(29-36)37-13-4-6-15-41(37)45(42)26-25-30-9-8-10-33(45)27-30/h1-7,11-24,28-30,33H,8-10,25-27H2. The molecule has 2 bridgehead atoms. The molecule has 1 heterocycles. The number of rotatable bonds is 4. The van der Waals surface area contributed by atoms with Crippen LogP contribution in [-0.4, -0.2) is 0 Å². The minimum Gasteiger partial charge on any atom is -0.456 e. The van der Waals surface area contributed by atoms with E-state index in [2.05, 4.69) is 132 Å². The first kappa shape index (κ1) is 27.1. The lowest BCUT2D eigenvalue weighted by molar-refractivity contribution is 0.117. The molecule has 47 heavy (non-hydrogen) atoms. The first-order chi connectivity index (χ1) is 23.3. The van der Waals surface area contributed by atoms with Gasteiger partial charge in [-0.05, 0) is 125 Å². The summed E-state index contributed by atoms with van der Waals surface area (Å²) in [5, 5.41) is 2.32. The molecule has 228 valence electrons. The molecule has 2 heteroatoms. The lowest BCUT2D eigenvalue weighted by Gasteiger charge is -2.49. The Balaban J connectivity index is 1.07. The number of nitrogens with zero attached hydrogens (tertiary/aromatic N) is 1. The second-order valence-corrected chi connectivity index (χ2v) is 14.0. The molecule has 6 aromatic carbocycles. The summed E-state index contributed by atoms with van der Waals surface area (Å²) >= 11 is 0. The Kier molecular flexibility index (Phi) is 6.03. The third-order valence-corrected chi connectivity index (χ3v) is 11.7. The van der Waals surface area contributed by atoms with Gasteiger partial charge in [-0.25, -0.2) is 0 Å². The molecule has 0 amide bonds. The predicted molar refractivity (Wildman–Crippen MR) is 195 cm³/mol. The summed E-state index contributed by atoms with van der Waals surface area (Å²) in [5.41, 5.74) is 14.0. The molecule has 2 saturated carbocycles. The fraction of sp³-hybridized carbons (Fsp3) is 0.200. The Morgan fingerprint density at radius 1 is 0.532 bits per heavy atom. The Morgan fingerprint density at radius 3 is 2.17 bits per heavy atom. The number of fused-ring (bicyclic) bond motifs is 11. The van der Waals surface area contributed by atoms with E-state index in [9.17, 15) is 0 Å². The van der Waals surface area contributed by atoms with Crippen LogP contribution in [0.4, 0.5) is 17.1 Å². The fourth-order valence-electron chi connectivity index (χ4n) is 9.61. The fourth-order valence-corrected chi connectivity index (χ4v) is 9.61. The number of anilines is 3. The van der Waals surface area contributed by atoms with Gasteiger partial charge in [-0.3, -0.25) is 0 Å². The molecule has 3 atom stereocenters. The van der Waals surface area contributed by atoms with Crippen molar-refractivity contribution in [3.05, 3.63) is 151 Å².